The molecule has 1 aromatic rings. The molecule has 0 N–H and O–H groups in total. The Morgan fingerprint density at radius 1 is 1.45 bits per heavy atom. The maximum absolute atomic E-state index is 13.6. The molecule has 0 bridgehead atoms. The van der Waals surface area contributed by atoms with Gasteiger partial charge in [-0.2, -0.15) is 18.4 Å². The summed E-state index contributed by atoms with van der Waals surface area (Å²) in [6.45, 7) is -1.32. The number of carbonyl (C=O) groups is 1. The minimum absolute atomic E-state index is 0.0233. The first kappa shape index (κ1) is 16.1. The number of carbonyl (C=O) groups excluding carboxylic acids is 1. The average molecular weight is 315 g/mol. The third kappa shape index (κ3) is 3.13. The molecule has 1 saturated heterocycles. The van der Waals surface area contributed by atoms with Crippen molar-refractivity contribution in [3.8, 4) is 6.07 Å². The molecule has 1 atom stereocenters. The molecule has 4 nitrogen and oxygen atoms in total. The number of hydrogen-bond acceptors (Lipinski definition) is 3. The minimum atomic E-state index is -4.46. The van der Waals surface area contributed by atoms with Gasteiger partial charge in [-0.15, -0.1) is 0 Å². The van der Waals surface area contributed by atoms with Crippen LogP contribution in [0.5, 0.6) is 0 Å². The van der Waals surface area contributed by atoms with Crippen molar-refractivity contribution in [3.63, 3.8) is 0 Å². The molecule has 1 unspecified atom stereocenters. The first-order valence-electron chi connectivity index (χ1n) is 6.51. The van der Waals surface area contributed by atoms with E-state index < -0.39 is 30.5 Å². The fourth-order valence-electron chi connectivity index (χ4n) is 2.54. The van der Waals surface area contributed by atoms with Gasteiger partial charge < -0.3 is 9.80 Å². The molecule has 1 heterocycles. The predicted octanol–water partition coefficient (Wildman–Crippen LogP) is 2.30. The number of alkyl halides is 3. The maximum Gasteiger partial charge on any atom is 0.406 e. The van der Waals surface area contributed by atoms with Crippen molar-refractivity contribution in [3.05, 3.63) is 29.6 Å². The lowest BCUT2D eigenvalue weighted by atomic mass is 10.1. The van der Waals surface area contributed by atoms with E-state index in [1.54, 1.807) is 6.07 Å². The third-order valence-electron chi connectivity index (χ3n) is 3.59. The van der Waals surface area contributed by atoms with Gasteiger partial charge >= 0.3 is 6.18 Å². The van der Waals surface area contributed by atoms with E-state index in [1.165, 1.54) is 24.1 Å². The number of nitriles is 1. The van der Waals surface area contributed by atoms with Crippen LogP contribution in [0.25, 0.3) is 0 Å². The van der Waals surface area contributed by atoms with Crippen LogP contribution in [0.4, 0.5) is 23.2 Å². The lowest BCUT2D eigenvalue weighted by molar-refractivity contribution is -0.157. The van der Waals surface area contributed by atoms with Crippen LogP contribution in [0.1, 0.15) is 12.0 Å². The van der Waals surface area contributed by atoms with E-state index in [9.17, 15) is 22.4 Å². The molecule has 1 amide bonds. The molecule has 0 radical (unpaired) electrons. The van der Waals surface area contributed by atoms with Crippen LogP contribution >= 0.6 is 0 Å². The highest BCUT2D eigenvalue weighted by Gasteiger charge is 2.41. The van der Waals surface area contributed by atoms with Crippen molar-refractivity contribution in [2.75, 3.05) is 25.0 Å². The molecule has 8 heteroatoms. The van der Waals surface area contributed by atoms with E-state index in [2.05, 4.69) is 0 Å². The van der Waals surface area contributed by atoms with E-state index in [4.69, 9.17) is 5.26 Å². The number of benzene rings is 1. The number of likely N-dealkylation sites (N-methyl/N-ethyl adjacent to an activating group) is 1. The first-order chi connectivity index (χ1) is 10.2. The van der Waals surface area contributed by atoms with Crippen molar-refractivity contribution in [2.24, 2.45) is 0 Å². The highest BCUT2D eigenvalue weighted by molar-refractivity contribution is 5.87. The molecule has 1 fully saturated rings. The molecular formula is C14H13F4N3O. The van der Waals surface area contributed by atoms with Gasteiger partial charge in [-0.1, -0.05) is 6.07 Å². The molecule has 0 saturated carbocycles. The SMILES string of the molecule is CN(c1cccc(F)c1C#N)C1CCN(CC(F)(F)F)C1=O. The van der Waals surface area contributed by atoms with Crippen LogP contribution in [-0.2, 0) is 4.79 Å². The maximum atomic E-state index is 13.6. The fourth-order valence-corrected chi connectivity index (χ4v) is 2.54. The van der Waals surface area contributed by atoms with E-state index in [-0.39, 0.29) is 24.2 Å². The molecule has 1 aliphatic rings. The molecule has 0 aromatic heterocycles. The number of anilines is 1. The molecule has 22 heavy (non-hydrogen) atoms. The summed E-state index contributed by atoms with van der Waals surface area (Å²) in [4.78, 5) is 14.2. The summed E-state index contributed by atoms with van der Waals surface area (Å²) in [5.74, 6) is -1.41. The molecule has 0 spiro atoms. The Morgan fingerprint density at radius 3 is 2.73 bits per heavy atom. The lowest BCUT2D eigenvalue weighted by Gasteiger charge is -2.27. The summed E-state index contributed by atoms with van der Waals surface area (Å²) >= 11 is 0. The monoisotopic (exact) mass is 315 g/mol. The van der Waals surface area contributed by atoms with Crippen LogP contribution in [0.2, 0.25) is 0 Å². The van der Waals surface area contributed by atoms with Gasteiger partial charge in [-0.05, 0) is 18.6 Å². The Hall–Kier alpha value is -2.30. The van der Waals surface area contributed by atoms with Crippen LogP contribution in [0, 0.1) is 17.1 Å². The van der Waals surface area contributed by atoms with Crippen LogP contribution in [0.3, 0.4) is 0 Å². The average Bonchev–Trinajstić information content (AvgIpc) is 2.77. The van der Waals surface area contributed by atoms with Crippen molar-refractivity contribution < 1.29 is 22.4 Å². The number of amides is 1. The molecule has 1 aliphatic heterocycles. The van der Waals surface area contributed by atoms with Gasteiger partial charge in [0.05, 0.1) is 5.69 Å². The number of rotatable bonds is 3. The molecule has 118 valence electrons. The minimum Gasteiger partial charge on any atom is -0.361 e. The zero-order valence-electron chi connectivity index (χ0n) is 11.7. The van der Waals surface area contributed by atoms with Crippen LogP contribution in [0.15, 0.2) is 18.2 Å². The van der Waals surface area contributed by atoms with E-state index >= 15 is 0 Å². The van der Waals surface area contributed by atoms with Crippen LogP contribution in [-0.4, -0.2) is 43.2 Å². The van der Waals surface area contributed by atoms with Gasteiger partial charge in [0, 0.05) is 13.6 Å². The summed E-state index contributed by atoms with van der Waals surface area (Å²) in [5, 5.41) is 9.00. The first-order valence-corrected chi connectivity index (χ1v) is 6.51. The summed E-state index contributed by atoms with van der Waals surface area (Å²) < 4.78 is 50.8. The molecule has 0 aliphatic carbocycles. The summed E-state index contributed by atoms with van der Waals surface area (Å²) in [7, 11) is 1.47. The van der Waals surface area contributed by atoms with Crippen molar-refractivity contribution in [2.45, 2.75) is 18.6 Å². The number of halogens is 4. The Bertz CT molecular complexity index is 623. The Labute approximate surface area is 124 Å². The fraction of sp³-hybridized carbons (Fsp3) is 0.429. The normalized spacial score (nSPS) is 18.5. The second kappa shape index (κ2) is 5.83. The lowest BCUT2D eigenvalue weighted by Crippen LogP contribution is -2.42. The van der Waals surface area contributed by atoms with Crippen molar-refractivity contribution in [1.82, 2.24) is 4.90 Å². The number of nitrogens with zero attached hydrogens (tertiary/aromatic N) is 3. The number of hydrogen-bond donors (Lipinski definition) is 0. The van der Waals surface area contributed by atoms with Gasteiger partial charge in [0.15, 0.2) is 0 Å². The van der Waals surface area contributed by atoms with E-state index in [0.717, 1.165) is 11.0 Å². The summed E-state index contributed by atoms with van der Waals surface area (Å²) in [5.41, 5.74) is -0.0400. The second-order valence-corrected chi connectivity index (χ2v) is 5.04. The zero-order chi connectivity index (χ0) is 16.5. The molecular weight excluding hydrogens is 302 g/mol. The summed E-state index contributed by atoms with van der Waals surface area (Å²) in [6, 6.07) is 4.83. The topological polar surface area (TPSA) is 47.3 Å². The van der Waals surface area contributed by atoms with Gasteiger partial charge in [0.2, 0.25) is 5.91 Å². The van der Waals surface area contributed by atoms with Crippen LogP contribution < -0.4 is 4.90 Å². The Morgan fingerprint density at radius 2 is 2.14 bits per heavy atom. The largest absolute Gasteiger partial charge is 0.406 e. The zero-order valence-corrected chi connectivity index (χ0v) is 11.7. The van der Waals surface area contributed by atoms with Gasteiger partial charge in [-0.25, -0.2) is 4.39 Å². The van der Waals surface area contributed by atoms with E-state index in [0.29, 0.717) is 0 Å². The smallest absolute Gasteiger partial charge is 0.361 e. The standard InChI is InChI=1S/C14H13F4N3O/c1-20(11-4-2-3-10(15)9(11)7-19)12-5-6-21(13(12)22)8-14(16,17)18/h2-4,12H,5-6,8H2,1H3. The van der Waals surface area contributed by atoms with Gasteiger partial charge in [0.25, 0.3) is 0 Å². The van der Waals surface area contributed by atoms with E-state index in [1.807, 2.05) is 0 Å². The quantitative estimate of drug-likeness (QED) is 0.804. The van der Waals surface area contributed by atoms with Crippen molar-refractivity contribution in [1.29, 1.82) is 5.26 Å². The third-order valence-corrected chi connectivity index (χ3v) is 3.59. The molecule has 2 rings (SSSR count). The van der Waals surface area contributed by atoms with Crippen molar-refractivity contribution >= 4 is 11.6 Å². The van der Waals surface area contributed by atoms with Gasteiger partial charge in [-0.3, -0.25) is 4.79 Å². The second-order valence-electron chi connectivity index (χ2n) is 5.04. The Kier molecular flexibility index (Phi) is 4.26. The predicted molar refractivity (Wildman–Crippen MR) is 70.6 cm³/mol. The molecule has 1 aromatic carbocycles. The van der Waals surface area contributed by atoms with Gasteiger partial charge in [0.1, 0.15) is 30.0 Å². The summed E-state index contributed by atoms with van der Waals surface area (Å²) in [6.07, 6.45) is -4.27. The Balaban J connectivity index is 2.22. The highest BCUT2D eigenvalue weighted by Crippen LogP contribution is 2.28. The number of likely N-dealkylation sites (tertiary alicyclic amines) is 1. The highest BCUT2D eigenvalue weighted by atomic mass is 19.4.